The predicted octanol–water partition coefficient (Wildman–Crippen LogP) is 1.24. The van der Waals surface area contributed by atoms with E-state index in [1.165, 1.54) is 10.9 Å². The molecule has 0 fully saturated rings. The smallest absolute Gasteiger partial charge is 0.257 e. The summed E-state index contributed by atoms with van der Waals surface area (Å²) < 4.78 is 1.47. The van der Waals surface area contributed by atoms with Crippen LogP contribution >= 0.6 is 24.8 Å². The Balaban J connectivity index is 0.00000312. The minimum atomic E-state index is -0.317. The highest BCUT2D eigenvalue weighted by atomic mass is 35.5. The number of benzene rings is 1. The van der Waals surface area contributed by atoms with Crippen LogP contribution in [-0.4, -0.2) is 53.7 Å². The summed E-state index contributed by atoms with van der Waals surface area (Å²) in [7, 11) is 3.88. The van der Waals surface area contributed by atoms with E-state index in [0.29, 0.717) is 23.5 Å². The summed E-state index contributed by atoms with van der Waals surface area (Å²) in [6.07, 6.45) is 3.09. The van der Waals surface area contributed by atoms with Gasteiger partial charge >= 0.3 is 0 Å². The van der Waals surface area contributed by atoms with Crippen molar-refractivity contribution >= 4 is 48.0 Å². The molecule has 0 radical (unpaired) electrons. The first kappa shape index (κ1) is 23.7. The molecule has 1 aromatic heterocycles. The van der Waals surface area contributed by atoms with Gasteiger partial charge in [-0.1, -0.05) is 12.1 Å². The first-order valence-corrected chi connectivity index (χ1v) is 7.55. The zero-order valence-corrected chi connectivity index (χ0v) is 16.3. The molecule has 0 aliphatic carbocycles. The number of rotatable bonds is 7. The molecule has 26 heavy (non-hydrogen) atoms. The largest absolute Gasteiger partial charge is 0.398 e. The van der Waals surface area contributed by atoms with Gasteiger partial charge in [-0.15, -0.1) is 24.8 Å². The second-order valence-electron chi connectivity index (χ2n) is 5.62. The summed E-state index contributed by atoms with van der Waals surface area (Å²) in [6.45, 7) is 1.44. The quantitative estimate of drug-likeness (QED) is 0.604. The van der Waals surface area contributed by atoms with Crippen LogP contribution in [0.25, 0.3) is 0 Å². The van der Waals surface area contributed by atoms with Crippen LogP contribution in [0.1, 0.15) is 10.4 Å². The highest BCUT2D eigenvalue weighted by Crippen LogP contribution is 2.13. The molecule has 0 aliphatic rings. The van der Waals surface area contributed by atoms with E-state index in [0.717, 1.165) is 6.54 Å². The van der Waals surface area contributed by atoms with Crippen LogP contribution in [0.3, 0.4) is 0 Å². The molecule has 0 atom stereocenters. The molecular formula is C16H24Cl2N6O2. The molecule has 0 unspecified atom stereocenters. The molecule has 0 saturated heterocycles. The van der Waals surface area contributed by atoms with Gasteiger partial charge in [0.2, 0.25) is 5.91 Å². The van der Waals surface area contributed by atoms with Gasteiger partial charge in [0.25, 0.3) is 5.91 Å². The molecular weight excluding hydrogens is 379 g/mol. The zero-order valence-electron chi connectivity index (χ0n) is 14.6. The SMILES string of the molecule is CN(C)CCNC(=O)Cn1cc(NC(=O)c2ccccc2N)cn1.Cl.Cl. The lowest BCUT2D eigenvalue weighted by atomic mass is 10.1. The highest BCUT2D eigenvalue weighted by Gasteiger charge is 2.11. The molecule has 2 rings (SSSR count). The van der Waals surface area contributed by atoms with Crippen molar-refractivity contribution in [2.75, 3.05) is 38.2 Å². The summed E-state index contributed by atoms with van der Waals surface area (Å²) in [6, 6.07) is 6.81. The van der Waals surface area contributed by atoms with Gasteiger partial charge in [0, 0.05) is 25.0 Å². The maximum absolute atomic E-state index is 12.2. The molecule has 2 amide bonds. The number of hydrogen-bond acceptors (Lipinski definition) is 5. The average molecular weight is 403 g/mol. The maximum atomic E-state index is 12.2. The number of nitrogens with one attached hydrogen (secondary N) is 2. The lowest BCUT2D eigenvalue weighted by molar-refractivity contribution is -0.121. The summed E-state index contributed by atoms with van der Waals surface area (Å²) in [5.74, 6) is -0.451. The average Bonchev–Trinajstić information content (AvgIpc) is 2.94. The number of anilines is 2. The van der Waals surface area contributed by atoms with Crippen molar-refractivity contribution in [3.05, 3.63) is 42.2 Å². The third-order valence-electron chi connectivity index (χ3n) is 3.28. The summed E-state index contributed by atoms with van der Waals surface area (Å²) in [5.41, 5.74) is 7.08. The minimum Gasteiger partial charge on any atom is -0.398 e. The van der Waals surface area contributed by atoms with E-state index in [-0.39, 0.29) is 43.2 Å². The van der Waals surface area contributed by atoms with E-state index in [2.05, 4.69) is 15.7 Å². The fourth-order valence-electron chi connectivity index (χ4n) is 2.04. The number of amides is 2. The lowest BCUT2D eigenvalue weighted by Gasteiger charge is -2.10. The van der Waals surface area contributed by atoms with Crippen molar-refractivity contribution in [1.82, 2.24) is 20.0 Å². The molecule has 1 heterocycles. The van der Waals surface area contributed by atoms with Gasteiger partial charge < -0.3 is 21.3 Å². The van der Waals surface area contributed by atoms with Crippen LogP contribution in [0.5, 0.6) is 0 Å². The van der Waals surface area contributed by atoms with Crippen molar-refractivity contribution in [2.45, 2.75) is 6.54 Å². The van der Waals surface area contributed by atoms with Crippen LogP contribution in [0.4, 0.5) is 11.4 Å². The Morgan fingerprint density at radius 2 is 1.92 bits per heavy atom. The number of nitrogen functional groups attached to an aromatic ring is 1. The monoisotopic (exact) mass is 402 g/mol. The Labute approximate surface area is 164 Å². The number of aromatic nitrogens is 2. The number of likely N-dealkylation sites (N-methyl/N-ethyl adjacent to an activating group) is 1. The van der Waals surface area contributed by atoms with E-state index in [9.17, 15) is 9.59 Å². The van der Waals surface area contributed by atoms with E-state index < -0.39 is 0 Å². The molecule has 2 aromatic rings. The number of carbonyl (C=O) groups excluding carboxylic acids is 2. The van der Waals surface area contributed by atoms with Gasteiger partial charge in [0.15, 0.2) is 0 Å². The fourth-order valence-corrected chi connectivity index (χ4v) is 2.04. The van der Waals surface area contributed by atoms with Crippen molar-refractivity contribution in [1.29, 1.82) is 0 Å². The van der Waals surface area contributed by atoms with Crippen molar-refractivity contribution in [3.63, 3.8) is 0 Å². The Bertz CT molecular complexity index is 720. The number of carbonyl (C=O) groups is 2. The molecule has 0 bridgehead atoms. The number of hydrogen-bond donors (Lipinski definition) is 3. The van der Waals surface area contributed by atoms with E-state index >= 15 is 0 Å². The van der Waals surface area contributed by atoms with Gasteiger partial charge in [-0.05, 0) is 26.2 Å². The number of nitrogens with two attached hydrogens (primary N) is 1. The standard InChI is InChI=1S/C16H22N6O2.2ClH/c1-21(2)8-7-18-15(23)11-22-10-12(9-19-22)20-16(24)13-5-3-4-6-14(13)17;;/h3-6,9-10H,7-8,11,17H2,1-2H3,(H,18,23)(H,20,24);2*1H. The van der Waals surface area contributed by atoms with Crippen LogP contribution in [0.15, 0.2) is 36.7 Å². The number of halogens is 2. The van der Waals surface area contributed by atoms with Crippen LogP contribution in [0.2, 0.25) is 0 Å². The molecule has 4 N–H and O–H groups in total. The predicted molar refractivity (Wildman–Crippen MR) is 107 cm³/mol. The van der Waals surface area contributed by atoms with Crippen LogP contribution in [0, 0.1) is 0 Å². The van der Waals surface area contributed by atoms with Crippen molar-refractivity contribution in [2.24, 2.45) is 0 Å². The van der Waals surface area contributed by atoms with Gasteiger partial charge in [-0.3, -0.25) is 14.3 Å². The Kier molecular flexibility index (Phi) is 10.3. The van der Waals surface area contributed by atoms with E-state index in [4.69, 9.17) is 5.73 Å². The lowest BCUT2D eigenvalue weighted by Crippen LogP contribution is -2.33. The molecule has 8 nitrogen and oxygen atoms in total. The van der Waals surface area contributed by atoms with Crippen molar-refractivity contribution in [3.8, 4) is 0 Å². The Morgan fingerprint density at radius 3 is 2.58 bits per heavy atom. The highest BCUT2D eigenvalue weighted by molar-refractivity contribution is 6.07. The van der Waals surface area contributed by atoms with Gasteiger partial charge in [-0.2, -0.15) is 5.10 Å². The molecule has 0 saturated carbocycles. The Hall–Kier alpha value is -2.29. The normalized spacial score (nSPS) is 9.81. The summed E-state index contributed by atoms with van der Waals surface area (Å²) in [4.78, 5) is 25.9. The molecule has 144 valence electrons. The first-order chi connectivity index (χ1) is 11.5. The minimum absolute atomic E-state index is 0. The summed E-state index contributed by atoms with van der Waals surface area (Å²) >= 11 is 0. The number of para-hydroxylation sites is 1. The third kappa shape index (κ3) is 7.30. The molecule has 0 spiro atoms. The second kappa shape index (κ2) is 11.3. The Morgan fingerprint density at radius 1 is 1.23 bits per heavy atom. The summed E-state index contributed by atoms with van der Waals surface area (Å²) in [5, 5.41) is 9.58. The van der Waals surface area contributed by atoms with Gasteiger partial charge in [0.1, 0.15) is 6.54 Å². The first-order valence-electron chi connectivity index (χ1n) is 7.55. The van der Waals surface area contributed by atoms with Crippen LogP contribution in [-0.2, 0) is 11.3 Å². The van der Waals surface area contributed by atoms with Crippen molar-refractivity contribution < 1.29 is 9.59 Å². The van der Waals surface area contributed by atoms with E-state index in [1.54, 1.807) is 30.5 Å². The molecule has 1 aromatic carbocycles. The fraction of sp³-hybridized carbons (Fsp3) is 0.312. The number of nitrogens with zero attached hydrogens (tertiary/aromatic N) is 3. The topological polar surface area (TPSA) is 105 Å². The molecule has 10 heteroatoms. The molecule has 0 aliphatic heterocycles. The third-order valence-corrected chi connectivity index (χ3v) is 3.28. The van der Waals surface area contributed by atoms with Gasteiger partial charge in [-0.25, -0.2) is 0 Å². The zero-order chi connectivity index (χ0) is 17.5. The van der Waals surface area contributed by atoms with Crippen LogP contribution < -0.4 is 16.4 Å². The van der Waals surface area contributed by atoms with E-state index in [1.807, 2.05) is 19.0 Å². The maximum Gasteiger partial charge on any atom is 0.257 e. The second-order valence-corrected chi connectivity index (χ2v) is 5.62. The van der Waals surface area contributed by atoms with Gasteiger partial charge in [0.05, 0.1) is 17.4 Å².